The summed E-state index contributed by atoms with van der Waals surface area (Å²) in [6, 6.07) is 0. The van der Waals surface area contributed by atoms with Gasteiger partial charge in [0.2, 0.25) is 5.89 Å². The minimum atomic E-state index is -0.716. The fourth-order valence-electron chi connectivity index (χ4n) is 2.06. The van der Waals surface area contributed by atoms with E-state index in [4.69, 9.17) is 19.7 Å². The second-order valence-electron chi connectivity index (χ2n) is 5.34. The molecule has 0 radical (unpaired) electrons. The molecule has 19 heavy (non-hydrogen) atoms. The standard InChI is InChI=1S/C13H23N3O3/c1-3-6-18-9-13(2,14)12-15-11(19-16-12)10-5-4-7-17-8-10/h10H,3-9,14H2,1-2H3. The summed E-state index contributed by atoms with van der Waals surface area (Å²) in [5.74, 6) is 1.33. The monoisotopic (exact) mass is 269 g/mol. The van der Waals surface area contributed by atoms with Crippen LogP contribution < -0.4 is 5.73 Å². The van der Waals surface area contributed by atoms with E-state index in [0.29, 0.717) is 31.5 Å². The Bertz CT molecular complexity index is 386. The maximum absolute atomic E-state index is 6.18. The molecule has 2 atom stereocenters. The summed E-state index contributed by atoms with van der Waals surface area (Å²) in [5, 5.41) is 4.00. The van der Waals surface area contributed by atoms with Crippen molar-refractivity contribution in [1.29, 1.82) is 0 Å². The molecule has 0 amide bonds. The minimum Gasteiger partial charge on any atom is -0.381 e. The van der Waals surface area contributed by atoms with Crippen LogP contribution in [0, 0.1) is 0 Å². The van der Waals surface area contributed by atoms with Crippen molar-refractivity contribution in [3.05, 3.63) is 11.7 Å². The van der Waals surface area contributed by atoms with E-state index in [1.165, 1.54) is 0 Å². The van der Waals surface area contributed by atoms with Gasteiger partial charge in [0.05, 0.1) is 19.1 Å². The molecule has 0 aliphatic carbocycles. The lowest BCUT2D eigenvalue weighted by Crippen LogP contribution is -2.39. The van der Waals surface area contributed by atoms with E-state index in [0.717, 1.165) is 25.9 Å². The summed E-state index contributed by atoms with van der Waals surface area (Å²) in [7, 11) is 0. The third-order valence-corrected chi connectivity index (χ3v) is 3.21. The number of aromatic nitrogens is 2. The minimum absolute atomic E-state index is 0.197. The molecule has 2 heterocycles. The van der Waals surface area contributed by atoms with Crippen molar-refractivity contribution in [3.8, 4) is 0 Å². The van der Waals surface area contributed by atoms with Gasteiger partial charge in [0.15, 0.2) is 5.82 Å². The van der Waals surface area contributed by atoms with Gasteiger partial charge >= 0.3 is 0 Å². The van der Waals surface area contributed by atoms with Crippen LogP contribution in [0.5, 0.6) is 0 Å². The first-order valence-electron chi connectivity index (χ1n) is 6.92. The van der Waals surface area contributed by atoms with Gasteiger partial charge in [-0.2, -0.15) is 4.98 Å². The normalized spacial score (nSPS) is 23.2. The van der Waals surface area contributed by atoms with E-state index in [9.17, 15) is 0 Å². The predicted octanol–water partition coefficient (Wildman–Crippen LogP) is 1.56. The van der Waals surface area contributed by atoms with Crippen molar-refractivity contribution >= 4 is 0 Å². The number of hydrogen-bond acceptors (Lipinski definition) is 6. The fourth-order valence-corrected chi connectivity index (χ4v) is 2.06. The summed E-state index contributed by atoms with van der Waals surface area (Å²) in [6.07, 6.45) is 3.02. The lowest BCUT2D eigenvalue weighted by atomic mass is 10.0. The molecule has 6 heteroatoms. The molecular weight excluding hydrogens is 246 g/mol. The number of nitrogens with two attached hydrogens (primary N) is 1. The van der Waals surface area contributed by atoms with Crippen LogP contribution >= 0.6 is 0 Å². The van der Waals surface area contributed by atoms with E-state index in [1.54, 1.807) is 0 Å². The summed E-state index contributed by atoms with van der Waals surface area (Å²) in [4.78, 5) is 4.42. The second-order valence-corrected chi connectivity index (χ2v) is 5.34. The summed E-state index contributed by atoms with van der Waals surface area (Å²) in [6.45, 7) is 6.46. The molecule has 6 nitrogen and oxygen atoms in total. The fraction of sp³-hybridized carbons (Fsp3) is 0.846. The van der Waals surface area contributed by atoms with Crippen LogP contribution in [-0.4, -0.2) is 36.6 Å². The van der Waals surface area contributed by atoms with Gasteiger partial charge < -0.3 is 19.7 Å². The lowest BCUT2D eigenvalue weighted by Gasteiger charge is -2.20. The Morgan fingerprint density at radius 3 is 3.05 bits per heavy atom. The van der Waals surface area contributed by atoms with Gasteiger partial charge in [0.25, 0.3) is 0 Å². The molecule has 2 rings (SSSR count). The van der Waals surface area contributed by atoms with E-state index >= 15 is 0 Å². The van der Waals surface area contributed by atoms with Crippen molar-refractivity contribution in [3.63, 3.8) is 0 Å². The first kappa shape index (κ1) is 14.4. The maximum atomic E-state index is 6.18. The molecule has 1 aromatic heterocycles. The Labute approximate surface area is 113 Å². The van der Waals surface area contributed by atoms with E-state index in [1.807, 2.05) is 6.92 Å². The summed E-state index contributed by atoms with van der Waals surface area (Å²) >= 11 is 0. The average Bonchev–Trinajstić information content (AvgIpc) is 2.90. The van der Waals surface area contributed by atoms with Gasteiger partial charge in [-0.15, -0.1) is 0 Å². The highest BCUT2D eigenvalue weighted by Crippen LogP contribution is 2.25. The molecule has 0 bridgehead atoms. The van der Waals surface area contributed by atoms with Crippen molar-refractivity contribution in [2.45, 2.75) is 44.6 Å². The molecule has 2 N–H and O–H groups in total. The molecule has 108 valence electrons. The molecule has 1 aromatic rings. The van der Waals surface area contributed by atoms with Gasteiger partial charge in [-0.05, 0) is 26.2 Å². The SMILES string of the molecule is CCCOCC(C)(N)c1noc(C2CCCOC2)n1. The number of ether oxygens (including phenoxy) is 2. The van der Waals surface area contributed by atoms with Crippen molar-refractivity contribution in [1.82, 2.24) is 10.1 Å². The molecule has 1 fully saturated rings. The molecule has 2 unspecified atom stereocenters. The van der Waals surface area contributed by atoms with Gasteiger partial charge in [-0.25, -0.2) is 0 Å². The zero-order valence-electron chi connectivity index (χ0n) is 11.7. The highest BCUT2D eigenvalue weighted by atomic mass is 16.5. The van der Waals surface area contributed by atoms with Crippen LogP contribution in [-0.2, 0) is 15.0 Å². The van der Waals surface area contributed by atoms with Crippen molar-refractivity contribution < 1.29 is 14.0 Å². The highest BCUT2D eigenvalue weighted by molar-refractivity contribution is 5.04. The predicted molar refractivity (Wildman–Crippen MR) is 69.7 cm³/mol. The van der Waals surface area contributed by atoms with Crippen LogP contribution in [0.3, 0.4) is 0 Å². The molecule has 1 saturated heterocycles. The van der Waals surface area contributed by atoms with Gasteiger partial charge in [0.1, 0.15) is 5.54 Å². The van der Waals surface area contributed by atoms with Crippen LogP contribution in [0.2, 0.25) is 0 Å². The largest absolute Gasteiger partial charge is 0.381 e. The Morgan fingerprint density at radius 2 is 2.37 bits per heavy atom. The topological polar surface area (TPSA) is 83.4 Å². The average molecular weight is 269 g/mol. The zero-order valence-corrected chi connectivity index (χ0v) is 11.7. The highest BCUT2D eigenvalue weighted by Gasteiger charge is 2.30. The maximum Gasteiger partial charge on any atom is 0.232 e. The van der Waals surface area contributed by atoms with Gasteiger partial charge in [-0.1, -0.05) is 12.1 Å². The van der Waals surface area contributed by atoms with Gasteiger partial charge in [0, 0.05) is 13.2 Å². The Kier molecular flexibility index (Phi) is 4.90. The molecular formula is C13H23N3O3. The van der Waals surface area contributed by atoms with Crippen LogP contribution in [0.4, 0.5) is 0 Å². The third kappa shape index (κ3) is 3.75. The van der Waals surface area contributed by atoms with E-state index in [2.05, 4.69) is 17.1 Å². The first-order valence-corrected chi connectivity index (χ1v) is 6.92. The summed E-state index contributed by atoms with van der Waals surface area (Å²) < 4.78 is 16.2. The smallest absolute Gasteiger partial charge is 0.232 e. The molecule has 1 aliphatic heterocycles. The van der Waals surface area contributed by atoms with Crippen molar-refractivity contribution in [2.75, 3.05) is 26.4 Å². The van der Waals surface area contributed by atoms with Crippen LogP contribution in [0.15, 0.2) is 4.52 Å². The number of nitrogens with zero attached hydrogens (tertiary/aromatic N) is 2. The second kappa shape index (κ2) is 6.45. The Morgan fingerprint density at radius 1 is 1.53 bits per heavy atom. The Hall–Kier alpha value is -0.980. The van der Waals surface area contributed by atoms with Crippen LogP contribution in [0.25, 0.3) is 0 Å². The molecule has 0 saturated carbocycles. The third-order valence-electron chi connectivity index (χ3n) is 3.21. The molecule has 0 spiro atoms. The zero-order chi connectivity index (χ0) is 13.7. The quantitative estimate of drug-likeness (QED) is 0.789. The molecule has 0 aromatic carbocycles. The van der Waals surface area contributed by atoms with Crippen molar-refractivity contribution in [2.24, 2.45) is 5.73 Å². The van der Waals surface area contributed by atoms with Crippen LogP contribution in [0.1, 0.15) is 50.7 Å². The number of hydrogen-bond donors (Lipinski definition) is 1. The summed E-state index contributed by atoms with van der Waals surface area (Å²) in [5.41, 5.74) is 5.46. The number of rotatable bonds is 6. The van der Waals surface area contributed by atoms with Gasteiger partial charge in [-0.3, -0.25) is 0 Å². The van der Waals surface area contributed by atoms with E-state index < -0.39 is 5.54 Å². The Balaban J connectivity index is 1.98. The lowest BCUT2D eigenvalue weighted by molar-refractivity contribution is 0.0704. The first-order chi connectivity index (χ1) is 9.13. The molecule has 1 aliphatic rings. The van der Waals surface area contributed by atoms with E-state index in [-0.39, 0.29) is 5.92 Å².